The molecule has 1 N–H and O–H groups in total. The van der Waals surface area contributed by atoms with E-state index in [1.54, 1.807) is 7.11 Å². The molecular weight excluding hydrogens is 294 g/mol. The lowest BCUT2D eigenvalue weighted by molar-refractivity contribution is 0.0614. The molecule has 1 aliphatic rings. The minimum atomic E-state index is 0.625. The van der Waals surface area contributed by atoms with Crippen LogP contribution in [0.15, 0.2) is 22.7 Å². The van der Waals surface area contributed by atoms with Crippen LogP contribution in [0.5, 0.6) is 0 Å². The van der Waals surface area contributed by atoms with E-state index >= 15 is 0 Å². The van der Waals surface area contributed by atoms with Gasteiger partial charge in [-0.15, -0.1) is 0 Å². The van der Waals surface area contributed by atoms with Gasteiger partial charge in [0.1, 0.15) is 0 Å². The Bertz CT molecular complexity index is 380. The molecule has 1 aromatic carbocycles. The maximum absolute atomic E-state index is 5.52. The van der Waals surface area contributed by atoms with E-state index in [1.165, 1.54) is 24.0 Å². The van der Waals surface area contributed by atoms with Gasteiger partial charge in [-0.05, 0) is 30.0 Å². The molecule has 0 unspecified atom stereocenters. The van der Waals surface area contributed by atoms with Crippen molar-refractivity contribution in [2.24, 2.45) is 0 Å². The van der Waals surface area contributed by atoms with Crippen LogP contribution in [0.2, 0.25) is 0 Å². The van der Waals surface area contributed by atoms with E-state index < -0.39 is 0 Å². The van der Waals surface area contributed by atoms with Crippen molar-refractivity contribution in [3.05, 3.63) is 33.8 Å². The summed E-state index contributed by atoms with van der Waals surface area (Å²) in [6.07, 6.45) is 2.65. The standard InChI is InChI=1S/C14H20BrNO2/c1-17-6-7-18-10-12-3-2-11(8-14(12)15)9-16-13-4-5-13/h2-3,8,13,16H,4-7,9-10H2,1H3. The Kier molecular flexibility index (Phi) is 5.63. The SMILES string of the molecule is COCCOCc1ccc(CNC2CC2)cc1Br. The third kappa shape index (κ3) is 4.69. The van der Waals surface area contributed by atoms with Crippen molar-refractivity contribution < 1.29 is 9.47 Å². The number of hydrogen-bond acceptors (Lipinski definition) is 3. The molecular formula is C14H20BrNO2. The Morgan fingerprint density at radius 1 is 1.33 bits per heavy atom. The number of benzene rings is 1. The predicted octanol–water partition coefficient (Wildman–Crippen LogP) is 2.86. The summed E-state index contributed by atoms with van der Waals surface area (Å²) in [4.78, 5) is 0. The summed E-state index contributed by atoms with van der Waals surface area (Å²) in [5.41, 5.74) is 2.50. The van der Waals surface area contributed by atoms with Gasteiger partial charge in [-0.2, -0.15) is 0 Å². The van der Waals surface area contributed by atoms with Crippen LogP contribution in [0.1, 0.15) is 24.0 Å². The van der Waals surface area contributed by atoms with E-state index in [0.29, 0.717) is 19.8 Å². The molecule has 0 heterocycles. The van der Waals surface area contributed by atoms with E-state index in [-0.39, 0.29) is 0 Å². The number of methoxy groups -OCH3 is 1. The van der Waals surface area contributed by atoms with Crippen LogP contribution < -0.4 is 5.32 Å². The largest absolute Gasteiger partial charge is 0.382 e. The Morgan fingerprint density at radius 2 is 2.17 bits per heavy atom. The highest BCUT2D eigenvalue weighted by molar-refractivity contribution is 9.10. The fraction of sp³-hybridized carbons (Fsp3) is 0.571. The highest BCUT2D eigenvalue weighted by atomic mass is 79.9. The van der Waals surface area contributed by atoms with Crippen LogP contribution in [0.3, 0.4) is 0 Å². The molecule has 0 radical (unpaired) electrons. The third-order valence-corrected chi connectivity index (χ3v) is 3.72. The van der Waals surface area contributed by atoms with E-state index in [4.69, 9.17) is 9.47 Å². The summed E-state index contributed by atoms with van der Waals surface area (Å²) in [6.45, 7) is 2.85. The first-order valence-corrected chi connectivity index (χ1v) is 7.16. The molecule has 4 heteroatoms. The Labute approximate surface area is 117 Å². The minimum absolute atomic E-state index is 0.625. The molecule has 2 rings (SSSR count). The normalized spacial score (nSPS) is 15.0. The third-order valence-electron chi connectivity index (χ3n) is 2.98. The molecule has 0 atom stereocenters. The van der Waals surface area contributed by atoms with Crippen LogP contribution in [0.25, 0.3) is 0 Å². The number of nitrogens with one attached hydrogen (secondary N) is 1. The van der Waals surface area contributed by atoms with E-state index in [1.807, 2.05) is 0 Å². The molecule has 1 fully saturated rings. The summed E-state index contributed by atoms with van der Waals surface area (Å²) in [7, 11) is 1.68. The molecule has 0 aliphatic heterocycles. The number of halogens is 1. The van der Waals surface area contributed by atoms with Crippen molar-refractivity contribution >= 4 is 15.9 Å². The molecule has 1 saturated carbocycles. The first-order valence-electron chi connectivity index (χ1n) is 6.37. The smallest absolute Gasteiger partial charge is 0.0728 e. The number of hydrogen-bond donors (Lipinski definition) is 1. The quantitative estimate of drug-likeness (QED) is 0.749. The maximum atomic E-state index is 5.52. The fourth-order valence-corrected chi connectivity index (χ4v) is 2.23. The van der Waals surface area contributed by atoms with E-state index in [0.717, 1.165) is 17.1 Å². The van der Waals surface area contributed by atoms with Crippen molar-refractivity contribution in [2.45, 2.75) is 32.0 Å². The molecule has 1 aliphatic carbocycles. The Morgan fingerprint density at radius 3 is 2.83 bits per heavy atom. The molecule has 0 aromatic heterocycles. The second-order valence-corrected chi connectivity index (χ2v) is 5.48. The molecule has 100 valence electrons. The topological polar surface area (TPSA) is 30.5 Å². The first-order chi connectivity index (χ1) is 8.79. The minimum Gasteiger partial charge on any atom is -0.382 e. The summed E-state index contributed by atoms with van der Waals surface area (Å²) in [5.74, 6) is 0. The van der Waals surface area contributed by atoms with Gasteiger partial charge in [0.15, 0.2) is 0 Å². The van der Waals surface area contributed by atoms with Crippen molar-refractivity contribution in [1.29, 1.82) is 0 Å². The molecule has 0 bridgehead atoms. The summed E-state index contributed by atoms with van der Waals surface area (Å²) >= 11 is 3.60. The second kappa shape index (κ2) is 7.24. The van der Waals surface area contributed by atoms with Gasteiger partial charge in [0, 0.05) is 24.2 Å². The molecule has 0 saturated heterocycles. The van der Waals surface area contributed by atoms with Crippen LogP contribution >= 0.6 is 15.9 Å². The van der Waals surface area contributed by atoms with Gasteiger partial charge in [0.25, 0.3) is 0 Å². The highest BCUT2D eigenvalue weighted by Crippen LogP contribution is 2.22. The van der Waals surface area contributed by atoms with Gasteiger partial charge in [-0.25, -0.2) is 0 Å². The van der Waals surface area contributed by atoms with Gasteiger partial charge in [0.05, 0.1) is 19.8 Å². The van der Waals surface area contributed by atoms with Gasteiger partial charge in [-0.1, -0.05) is 28.1 Å². The zero-order chi connectivity index (χ0) is 12.8. The van der Waals surface area contributed by atoms with Gasteiger partial charge in [0.2, 0.25) is 0 Å². The summed E-state index contributed by atoms with van der Waals surface area (Å²) < 4.78 is 11.6. The van der Waals surface area contributed by atoms with Crippen molar-refractivity contribution in [1.82, 2.24) is 5.32 Å². The summed E-state index contributed by atoms with van der Waals surface area (Å²) in [5, 5.41) is 3.51. The van der Waals surface area contributed by atoms with Gasteiger partial charge >= 0.3 is 0 Å². The van der Waals surface area contributed by atoms with E-state index in [9.17, 15) is 0 Å². The number of rotatable bonds is 8. The van der Waals surface area contributed by atoms with Crippen molar-refractivity contribution in [2.75, 3.05) is 20.3 Å². The molecule has 0 spiro atoms. The van der Waals surface area contributed by atoms with Crippen LogP contribution in [-0.4, -0.2) is 26.4 Å². The zero-order valence-corrected chi connectivity index (χ0v) is 12.3. The van der Waals surface area contributed by atoms with Crippen LogP contribution in [-0.2, 0) is 22.6 Å². The lowest BCUT2D eigenvalue weighted by atomic mass is 10.1. The second-order valence-electron chi connectivity index (χ2n) is 4.63. The average Bonchev–Trinajstić information content (AvgIpc) is 3.18. The summed E-state index contributed by atoms with van der Waals surface area (Å²) in [6, 6.07) is 7.21. The zero-order valence-electron chi connectivity index (χ0n) is 10.7. The van der Waals surface area contributed by atoms with Gasteiger partial charge < -0.3 is 14.8 Å². The fourth-order valence-electron chi connectivity index (χ4n) is 1.69. The lowest BCUT2D eigenvalue weighted by Gasteiger charge is -2.09. The van der Waals surface area contributed by atoms with Crippen molar-refractivity contribution in [3.8, 4) is 0 Å². The van der Waals surface area contributed by atoms with Gasteiger partial charge in [-0.3, -0.25) is 0 Å². The molecule has 0 amide bonds. The Hall–Kier alpha value is -0.420. The molecule has 18 heavy (non-hydrogen) atoms. The predicted molar refractivity (Wildman–Crippen MR) is 75.5 cm³/mol. The molecule has 3 nitrogen and oxygen atoms in total. The lowest BCUT2D eigenvalue weighted by Crippen LogP contribution is -2.15. The maximum Gasteiger partial charge on any atom is 0.0728 e. The Balaban J connectivity index is 1.79. The van der Waals surface area contributed by atoms with Crippen molar-refractivity contribution in [3.63, 3.8) is 0 Å². The highest BCUT2D eigenvalue weighted by Gasteiger charge is 2.19. The van der Waals surface area contributed by atoms with Crippen LogP contribution in [0, 0.1) is 0 Å². The first kappa shape index (κ1) is 14.0. The average molecular weight is 314 g/mol. The van der Waals surface area contributed by atoms with E-state index in [2.05, 4.69) is 39.4 Å². The number of ether oxygens (including phenoxy) is 2. The van der Waals surface area contributed by atoms with Crippen LogP contribution in [0.4, 0.5) is 0 Å². The molecule has 1 aromatic rings. The monoisotopic (exact) mass is 313 g/mol.